The highest BCUT2D eigenvalue weighted by Gasteiger charge is 2.57. The lowest BCUT2D eigenvalue weighted by molar-refractivity contribution is -0.160. The Hall–Kier alpha value is -2.72. The first-order valence-corrected chi connectivity index (χ1v) is 15.1. The third kappa shape index (κ3) is 4.14. The Morgan fingerprint density at radius 3 is 1.69 bits per heavy atom. The van der Waals surface area contributed by atoms with E-state index < -0.39 is 10.3 Å². The molecule has 0 aliphatic heterocycles. The highest BCUT2D eigenvalue weighted by Crippen LogP contribution is 2.71. The van der Waals surface area contributed by atoms with Crippen molar-refractivity contribution in [3.8, 4) is 5.75 Å². The van der Waals surface area contributed by atoms with Crippen LogP contribution in [0.4, 0.5) is 0 Å². The van der Waals surface area contributed by atoms with Crippen LogP contribution >= 0.6 is 10.3 Å². The van der Waals surface area contributed by atoms with Crippen molar-refractivity contribution >= 4 is 16.3 Å². The third-order valence-corrected chi connectivity index (χ3v) is 11.7. The van der Waals surface area contributed by atoms with Crippen molar-refractivity contribution in [3.63, 3.8) is 0 Å². The molecule has 0 amide bonds. The average Bonchev–Trinajstić information content (AvgIpc) is 2.91. The second kappa shape index (κ2) is 9.63. The van der Waals surface area contributed by atoms with Crippen molar-refractivity contribution in [1.82, 2.24) is 0 Å². The Bertz CT molecular complexity index is 1110. The Kier molecular flexibility index (Phi) is 6.33. The zero-order valence-electron chi connectivity index (χ0n) is 21.1. The first-order chi connectivity index (χ1) is 17.6. The Labute approximate surface area is 216 Å². The Morgan fingerprint density at radius 1 is 0.750 bits per heavy atom. The van der Waals surface area contributed by atoms with E-state index >= 15 is 0 Å². The number of benzene rings is 3. The van der Waals surface area contributed by atoms with Gasteiger partial charge >= 0.3 is 5.97 Å². The number of ether oxygens (including phenoxy) is 1. The molecular formula is C32H36O3S. The maximum Gasteiger partial charge on any atom is 0.323 e. The summed E-state index contributed by atoms with van der Waals surface area (Å²) in [6.45, 7) is 2.80. The molecule has 0 N–H and O–H groups in total. The van der Waals surface area contributed by atoms with E-state index in [1.54, 1.807) is 0 Å². The van der Waals surface area contributed by atoms with E-state index in [1.165, 1.54) is 19.3 Å². The van der Waals surface area contributed by atoms with Gasteiger partial charge in [-0.05, 0) is 122 Å². The van der Waals surface area contributed by atoms with Gasteiger partial charge in [-0.15, -0.1) is 0 Å². The largest absolute Gasteiger partial charge is 0.494 e. The summed E-state index contributed by atoms with van der Waals surface area (Å²) in [6.07, 6.45) is 7.89. The summed E-state index contributed by atoms with van der Waals surface area (Å²) in [6, 6.07) is 29.0. The molecule has 4 aliphatic rings. The zero-order valence-corrected chi connectivity index (χ0v) is 21.9. The van der Waals surface area contributed by atoms with Gasteiger partial charge in [0.15, 0.2) is 0 Å². The van der Waals surface area contributed by atoms with E-state index in [0.717, 1.165) is 46.1 Å². The summed E-state index contributed by atoms with van der Waals surface area (Å²) in [7, 11) is -2.27. The summed E-state index contributed by atoms with van der Waals surface area (Å²) >= 11 is 0. The minimum absolute atomic E-state index is 0.0237. The summed E-state index contributed by atoms with van der Waals surface area (Å²) < 4.78 is 12.9. The molecule has 4 saturated carbocycles. The SMILES string of the molecule is CCCOc1ccc(S(OC(=O)C23CC4CC(CC(C4)C2)C3)(c2ccccc2)c2ccccc2)cc1. The summed E-state index contributed by atoms with van der Waals surface area (Å²) in [5, 5.41) is 0. The third-order valence-electron chi connectivity index (χ3n) is 8.45. The van der Waals surface area contributed by atoms with Crippen molar-refractivity contribution in [2.75, 3.05) is 6.61 Å². The van der Waals surface area contributed by atoms with Crippen LogP contribution in [0.15, 0.2) is 99.6 Å². The molecular weight excluding hydrogens is 464 g/mol. The van der Waals surface area contributed by atoms with Crippen molar-refractivity contribution in [3.05, 3.63) is 84.9 Å². The lowest BCUT2D eigenvalue weighted by Crippen LogP contribution is -2.50. The van der Waals surface area contributed by atoms with Crippen molar-refractivity contribution in [2.24, 2.45) is 23.2 Å². The minimum Gasteiger partial charge on any atom is -0.494 e. The zero-order chi connectivity index (χ0) is 24.6. The first kappa shape index (κ1) is 23.7. The molecule has 4 heteroatoms. The predicted octanol–water partition coefficient (Wildman–Crippen LogP) is 8.43. The van der Waals surface area contributed by atoms with Crippen LogP contribution in [0.25, 0.3) is 0 Å². The van der Waals surface area contributed by atoms with Gasteiger partial charge in [-0.25, -0.2) is 0 Å². The summed E-state index contributed by atoms with van der Waals surface area (Å²) in [4.78, 5) is 17.5. The van der Waals surface area contributed by atoms with Crippen LogP contribution in [-0.4, -0.2) is 12.6 Å². The van der Waals surface area contributed by atoms with Crippen LogP contribution < -0.4 is 4.74 Å². The topological polar surface area (TPSA) is 35.5 Å². The van der Waals surface area contributed by atoms with E-state index in [9.17, 15) is 4.79 Å². The lowest BCUT2D eigenvalue weighted by Gasteiger charge is -2.56. The van der Waals surface area contributed by atoms with Crippen LogP contribution in [-0.2, 0) is 8.98 Å². The van der Waals surface area contributed by atoms with E-state index in [1.807, 2.05) is 24.3 Å². The van der Waals surface area contributed by atoms with Gasteiger partial charge in [0, 0.05) is 14.7 Å². The number of carbonyl (C=O) groups excluding carboxylic acids is 1. The maximum absolute atomic E-state index is 14.4. The van der Waals surface area contributed by atoms with Crippen LogP contribution in [0.5, 0.6) is 5.75 Å². The van der Waals surface area contributed by atoms with E-state index in [-0.39, 0.29) is 11.4 Å². The molecule has 4 bridgehead atoms. The van der Waals surface area contributed by atoms with Gasteiger partial charge < -0.3 is 8.92 Å². The fraction of sp³-hybridized carbons (Fsp3) is 0.406. The highest BCUT2D eigenvalue weighted by molar-refractivity contribution is 8.30. The van der Waals surface area contributed by atoms with E-state index in [2.05, 4.69) is 67.6 Å². The molecule has 0 unspecified atom stereocenters. The molecule has 36 heavy (non-hydrogen) atoms. The van der Waals surface area contributed by atoms with Gasteiger partial charge in [-0.3, -0.25) is 4.79 Å². The normalized spacial score (nSPS) is 27.0. The fourth-order valence-corrected chi connectivity index (χ4v) is 10.4. The van der Waals surface area contributed by atoms with Crippen molar-refractivity contribution in [1.29, 1.82) is 0 Å². The van der Waals surface area contributed by atoms with Gasteiger partial charge in [-0.1, -0.05) is 43.3 Å². The minimum atomic E-state index is -2.27. The molecule has 4 fully saturated rings. The fourth-order valence-electron chi connectivity index (χ4n) is 7.29. The predicted molar refractivity (Wildman–Crippen MR) is 144 cm³/mol. The van der Waals surface area contributed by atoms with Crippen LogP contribution in [0, 0.1) is 23.2 Å². The quantitative estimate of drug-likeness (QED) is 0.311. The monoisotopic (exact) mass is 500 g/mol. The standard InChI is InChI=1S/C32H36O3S/c1-2-17-34-27-13-15-30(16-14-27)36(28-9-5-3-6-10-28,29-11-7-4-8-12-29)35-31(33)32-21-24-18-25(22-32)20-26(19-24)23-32/h3-16,24-26H,2,17-23H2,1H3. The number of rotatable bonds is 8. The van der Waals surface area contributed by atoms with E-state index in [0.29, 0.717) is 24.4 Å². The van der Waals surface area contributed by atoms with Gasteiger partial charge in [0.2, 0.25) is 0 Å². The van der Waals surface area contributed by atoms with Crippen LogP contribution in [0.1, 0.15) is 51.9 Å². The molecule has 0 atom stereocenters. The Morgan fingerprint density at radius 2 is 1.22 bits per heavy atom. The van der Waals surface area contributed by atoms with Gasteiger partial charge in [-0.2, -0.15) is 0 Å². The van der Waals surface area contributed by atoms with Crippen LogP contribution in [0.3, 0.4) is 0 Å². The molecule has 0 spiro atoms. The second-order valence-corrected chi connectivity index (χ2v) is 13.8. The molecule has 3 nitrogen and oxygen atoms in total. The molecule has 0 radical (unpaired) electrons. The van der Waals surface area contributed by atoms with Crippen LogP contribution in [0.2, 0.25) is 0 Å². The second-order valence-electron chi connectivity index (χ2n) is 11.1. The van der Waals surface area contributed by atoms with Gasteiger partial charge in [0.05, 0.1) is 12.0 Å². The first-order valence-electron chi connectivity index (χ1n) is 13.5. The smallest absolute Gasteiger partial charge is 0.323 e. The van der Waals surface area contributed by atoms with E-state index in [4.69, 9.17) is 8.92 Å². The molecule has 0 saturated heterocycles. The molecule has 4 aliphatic carbocycles. The molecule has 3 aromatic carbocycles. The van der Waals surface area contributed by atoms with Gasteiger partial charge in [0.25, 0.3) is 0 Å². The average molecular weight is 501 g/mol. The number of carbonyl (C=O) groups is 1. The lowest BCUT2D eigenvalue weighted by atomic mass is 9.49. The maximum atomic E-state index is 14.4. The van der Waals surface area contributed by atoms with Crippen molar-refractivity contribution < 1.29 is 13.7 Å². The molecule has 3 aromatic rings. The molecule has 188 valence electrons. The number of hydrogen-bond acceptors (Lipinski definition) is 3. The summed E-state index contributed by atoms with van der Waals surface area (Å²) in [5.74, 6) is 2.95. The summed E-state index contributed by atoms with van der Waals surface area (Å²) in [5.41, 5.74) is -0.319. The van der Waals surface area contributed by atoms with Gasteiger partial charge in [0.1, 0.15) is 5.75 Å². The molecule has 7 rings (SSSR count). The number of hydrogen-bond donors (Lipinski definition) is 0. The molecule has 0 heterocycles. The molecule has 0 aromatic heterocycles. The Balaban J connectivity index is 1.46. The highest BCUT2D eigenvalue weighted by atomic mass is 32.3. The van der Waals surface area contributed by atoms with Crippen molar-refractivity contribution in [2.45, 2.75) is 66.6 Å².